The molecule has 0 bridgehead atoms. The van der Waals surface area contributed by atoms with Gasteiger partial charge in [-0.05, 0) is 42.1 Å². The minimum absolute atomic E-state index is 0.0956. The molecule has 21 heavy (non-hydrogen) atoms. The predicted molar refractivity (Wildman–Crippen MR) is 83.9 cm³/mol. The molecule has 0 saturated carbocycles. The van der Waals surface area contributed by atoms with Gasteiger partial charge in [0, 0.05) is 4.88 Å². The Balaban J connectivity index is 1.90. The van der Waals surface area contributed by atoms with Crippen molar-refractivity contribution >= 4 is 17.2 Å². The third-order valence-electron chi connectivity index (χ3n) is 3.02. The number of ether oxygens (including phenoxy) is 2. The van der Waals surface area contributed by atoms with E-state index in [0.29, 0.717) is 18.7 Å². The second-order valence-electron chi connectivity index (χ2n) is 4.49. The molecule has 0 spiro atoms. The lowest BCUT2D eigenvalue weighted by Gasteiger charge is -2.17. The third kappa shape index (κ3) is 4.49. The van der Waals surface area contributed by atoms with Gasteiger partial charge in [0.2, 0.25) is 0 Å². The zero-order valence-electron chi connectivity index (χ0n) is 12.2. The first-order valence-electron chi connectivity index (χ1n) is 6.83. The van der Waals surface area contributed by atoms with Gasteiger partial charge in [-0.2, -0.15) is 0 Å². The fourth-order valence-corrected chi connectivity index (χ4v) is 2.49. The van der Waals surface area contributed by atoms with E-state index in [4.69, 9.17) is 9.47 Å². The van der Waals surface area contributed by atoms with Crippen LogP contribution in [0.15, 0.2) is 41.8 Å². The van der Waals surface area contributed by atoms with E-state index in [2.05, 4.69) is 5.32 Å². The lowest BCUT2D eigenvalue weighted by Crippen LogP contribution is -2.37. The van der Waals surface area contributed by atoms with Crippen LogP contribution in [0.3, 0.4) is 0 Å². The number of rotatable bonds is 7. The van der Waals surface area contributed by atoms with Gasteiger partial charge >= 0.3 is 0 Å². The molecule has 1 aromatic carbocycles. The minimum atomic E-state index is -0.488. The summed E-state index contributed by atoms with van der Waals surface area (Å²) in [7, 11) is 1.61. The molecule has 1 heterocycles. The molecular weight excluding hydrogens is 286 g/mol. The first-order valence-corrected chi connectivity index (χ1v) is 7.71. The van der Waals surface area contributed by atoms with Crippen molar-refractivity contribution in [3.8, 4) is 11.5 Å². The minimum Gasteiger partial charge on any atom is -0.497 e. The van der Waals surface area contributed by atoms with Crippen molar-refractivity contribution in [2.45, 2.75) is 26.0 Å². The molecule has 5 heteroatoms. The Labute approximate surface area is 128 Å². The average molecular weight is 305 g/mol. The van der Waals surface area contributed by atoms with Crippen molar-refractivity contribution in [2.24, 2.45) is 0 Å². The van der Waals surface area contributed by atoms with Crippen LogP contribution >= 0.6 is 11.3 Å². The molecule has 1 aromatic heterocycles. The van der Waals surface area contributed by atoms with Crippen molar-refractivity contribution in [3.05, 3.63) is 46.7 Å². The summed E-state index contributed by atoms with van der Waals surface area (Å²) in [5.41, 5.74) is 0. The molecule has 1 unspecified atom stereocenters. The van der Waals surface area contributed by atoms with E-state index in [1.807, 2.05) is 36.6 Å². The highest BCUT2D eigenvalue weighted by molar-refractivity contribution is 7.09. The molecule has 2 aromatic rings. The number of hydrogen-bond acceptors (Lipinski definition) is 4. The summed E-state index contributed by atoms with van der Waals surface area (Å²) in [4.78, 5) is 13.3. The van der Waals surface area contributed by atoms with Crippen molar-refractivity contribution in [1.29, 1.82) is 0 Å². The van der Waals surface area contributed by atoms with Crippen LogP contribution in [0.5, 0.6) is 11.5 Å². The Morgan fingerprint density at radius 3 is 2.52 bits per heavy atom. The molecule has 1 atom stereocenters. The zero-order valence-corrected chi connectivity index (χ0v) is 13.0. The lowest BCUT2D eigenvalue weighted by molar-refractivity contribution is -0.128. The average Bonchev–Trinajstić information content (AvgIpc) is 3.04. The van der Waals surface area contributed by atoms with E-state index in [0.717, 1.165) is 10.6 Å². The third-order valence-corrected chi connectivity index (χ3v) is 3.89. The molecule has 0 fully saturated rings. The van der Waals surface area contributed by atoms with Gasteiger partial charge in [-0.25, -0.2) is 0 Å². The van der Waals surface area contributed by atoms with Crippen LogP contribution in [0, 0.1) is 0 Å². The summed E-state index contributed by atoms with van der Waals surface area (Å²) in [6.45, 7) is 2.47. The number of nitrogens with one attached hydrogen (secondary N) is 1. The molecule has 0 aliphatic carbocycles. The number of methoxy groups -OCH3 is 1. The Morgan fingerprint density at radius 2 is 1.95 bits per heavy atom. The SMILES string of the molecule is CCC(Oc1ccc(OC)cc1)C(=O)NCc1cccs1. The summed E-state index contributed by atoms with van der Waals surface area (Å²) in [6.07, 6.45) is 0.126. The molecular formula is C16H19NO3S. The van der Waals surface area contributed by atoms with Crippen molar-refractivity contribution in [2.75, 3.05) is 7.11 Å². The smallest absolute Gasteiger partial charge is 0.261 e. The maximum Gasteiger partial charge on any atom is 0.261 e. The normalized spacial score (nSPS) is 11.7. The number of hydrogen-bond donors (Lipinski definition) is 1. The van der Waals surface area contributed by atoms with Crippen molar-refractivity contribution in [1.82, 2.24) is 5.32 Å². The second-order valence-corrected chi connectivity index (χ2v) is 5.52. The van der Waals surface area contributed by atoms with Gasteiger partial charge < -0.3 is 14.8 Å². The standard InChI is InChI=1S/C16H19NO3S/c1-3-15(16(18)17-11-14-5-4-10-21-14)20-13-8-6-12(19-2)7-9-13/h4-10,15H,3,11H2,1-2H3,(H,17,18). The summed E-state index contributed by atoms with van der Waals surface area (Å²) in [5, 5.41) is 4.89. The molecule has 1 N–H and O–H groups in total. The Bertz CT molecular complexity index is 551. The van der Waals surface area contributed by atoms with Gasteiger partial charge in [-0.1, -0.05) is 13.0 Å². The summed E-state index contributed by atoms with van der Waals surface area (Å²) < 4.78 is 10.8. The molecule has 0 saturated heterocycles. The van der Waals surface area contributed by atoms with Gasteiger partial charge in [0.15, 0.2) is 6.10 Å². The van der Waals surface area contributed by atoms with E-state index in [1.54, 1.807) is 30.6 Å². The Kier molecular flexibility index (Phi) is 5.63. The van der Waals surface area contributed by atoms with E-state index in [1.165, 1.54) is 0 Å². The van der Waals surface area contributed by atoms with E-state index in [-0.39, 0.29) is 5.91 Å². The molecule has 4 nitrogen and oxygen atoms in total. The first-order chi connectivity index (χ1) is 10.2. The summed E-state index contributed by atoms with van der Waals surface area (Å²) in [5.74, 6) is 1.33. The van der Waals surface area contributed by atoms with Crippen LogP contribution in [0.25, 0.3) is 0 Å². The predicted octanol–water partition coefficient (Wildman–Crippen LogP) is 3.23. The van der Waals surface area contributed by atoms with Crippen LogP contribution in [-0.4, -0.2) is 19.1 Å². The summed E-state index contributed by atoms with van der Waals surface area (Å²) >= 11 is 1.62. The fraction of sp³-hybridized carbons (Fsp3) is 0.312. The lowest BCUT2D eigenvalue weighted by atomic mass is 10.2. The van der Waals surface area contributed by atoms with Gasteiger partial charge in [-0.15, -0.1) is 11.3 Å². The Hall–Kier alpha value is -2.01. The van der Waals surface area contributed by atoms with Crippen molar-refractivity contribution in [3.63, 3.8) is 0 Å². The van der Waals surface area contributed by atoms with Gasteiger partial charge in [0.25, 0.3) is 5.91 Å². The fourth-order valence-electron chi connectivity index (χ4n) is 1.84. The first kappa shape index (κ1) is 15.4. The Morgan fingerprint density at radius 1 is 1.24 bits per heavy atom. The monoisotopic (exact) mass is 305 g/mol. The molecule has 2 rings (SSSR count). The number of benzene rings is 1. The quantitative estimate of drug-likeness (QED) is 0.854. The van der Waals surface area contributed by atoms with Crippen LogP contribution in [-0.2, 0) is 11.3 Å². The van der Waals surface area contributed by atoms with Gasteiger partial charge in [0.05, 0.1) is 13.7 Å². The highest BCUT2D eigenvalue weighted by Crippen LogP contribution is 2.19. The zero-order chi connectivity index (χ0) is 15.1. The summed E-state index contributed by atoms with van der Waals surface area (Å²) in [6, 6.07) is 11.2. The van der Waals surface area contributed by atoms with Gasteiger partial charge in [-0.3, -0.25) is 4.79 Å². The molecule has 112 valence electrons. The second kappa shape index (κ2) is 7.69. The van der Waals surface area contributed by atoms with Crippen LogP contribution in [0.2, 0.25) is 0 Å². The maximum atomic E-state index is 12.1. The number of carbonyl (C=O) groups excluding carboxylic acids is 1. The largest absolute Gasteiger partial charge is 0.497 e. The highest BCUT2D eigenvalue weighted by Gasteiger charge is 2.18. The molecule has 0 aliphatic rings. The van der Waals surface area contributed by atoms with Gasteiger partial charge in [0.1, 0.15) is 11.5 Å². The van der Waals surface area contributed by atoms with Crippen LogP contribution in [0.4, 0.5) is 0 Å². The number of thiophene rings is 1. The van der Waals surface area contributed by atoms with E-state index < -0.39 is 6.10 Å². The van der Waals surface area contributed by atoms with Crippen LogP contribution < -0.4 is 14.8 Å². The van der Waals surface area contributed by atoms with E-state index >= 15 is 0 Å². The topological polar surface area (TPSA) is 47.6 Å². The van der Waals surface area contributed by atoms with Crippen molar-refractivity contribution < 1.29 is 14.3 Å². The molecule has 0 radical (unpaired) electrons. The maximum absolute atomic E-state index is 12.1. The van der Waals surface area contributed by atoms with Crippen LogP contribution in [0.1, 0.15) is 18.2 Å². The molecule has 1 amide bonds. The number of amides is 1. The number of carbonyl (C=O) groups is 1. The molecule has 0 aliphatic heterocycles. The highest BCUT2D eigenvalue weighted by atomic mass is 32.1. The van der Waals surface area contributed by atoms with E-state index in [9.17, 15) is 4.79 Å².